The summed E-state index contributed by atoms with van der Waals surface area (Å²) in [6, 6.07) is 11.2. The first-order valence-corrected chi connectivity index (χ1v) is 8.74. The number of halogens is 1. The molecule has 3 aromatic rings. The summed E-state index contributed by atoms with van der Waals surface area (Å²) in [5.74, 6) is 0.891. The average Bonchev–Trinajstić information content (AvgIpc) is 3.31. The summed E-state index contributed by atoms with van der Waals surface area (Å²) in [5, 5.41) is 2.41. The minimum absolute atomic E-state index is 0.230. The van der Waals surface area contributed by atoms with Gasteiger partial charge in [0.15, 0.2) is 11.0 Å². The number of furan rings is 1. The normalized spacial score (nSPS) is 16.0. The molecule has 0 saturated carbocycles. The smallest absolute Gasteiger partial charge is 0.284 e. The van der Waals surface area contributed by atoms with Gasteiger partial charge < -0.3 is 4.42 Å². The molecule has 7 heteroatoms. The van der Waals surface area contributed by atoms with Crippen LogP contribution in [-0.2, 0) is 4.79 Å². The molecule has 1 aliphatic rings. The van der Waals surface area contributed by atoms with Crippen LogP contribution in [0, 0.1) is 0 Å². The lowest BCUT2D eigenvalue weighted by Crippen LogP contribution is -2.32. The zero-order chi connectivity index (χ0) is 16.5. The van der Waals surface area contributed by atoms with Crippen LogP contribution >= 0.6 is 27.3 Å². The van der Waals surface area contributed by atoms with Crippen molar-refractivity contribution >= 4 is 50.2 Å². The van der Waals surface area contributed by atoms with Crippen molar-refractivity contribution in [2.45, 2.75) is 0 Å². The van der Waals surface area contributed by atoms with E-state index in [0.29, 0.717) is 22.4 Å². The van der Waals surface area contributed by atoms with E-state index in [1.165, 1.54) is 16.2 Å². The molecule has 1 amide bonds. The van der Waals surface area contributed by atoms with Gasteiger partial charge in [-0.3, -0.25) is 4.79 Å². The van der Waals surface area contributed by atoms with Crippen LogP contribution in [0.25, 0.3) is 6.08 Å². The summed E-state index contributed by atoms with van der Waals surface area (Å²) >= 11 is 4.91. The maximum absolute atomic E-state index is 12.9. The second kappa shape index (κ2) is 6.18. The minimum Gasteiger partial charge on any atom is -0.465 e. The Morgan fingerprint density at radius 1 is 1.21 bits per heavy atom. The number of hydrogen-bond donors (Lipinski definition) is 0. The van der Waals surface area contributed by atoms with E-state index < -0.39 is 0 Å². The van der Waals surface area contributed by atoms with Gasteiger partial charge in [-0.25, -0.2) is 14.9 Å². The van der Waals surface area contributed by atoms with Crippen molar-refractivity contribution in [3.63, 3.8) is 0 Å². The number of rotatable bonds is 3. The number of nitrogens with zero attached hydrogens (tertiary/aromatic N) is 3. The lowest BCUT2D eigenvalue weighted by atomic mass is 10.2. The molecule has 0 fully saturated rings. The maximum atomic E-state index is 12.9. The molecule has 3 heterocycles. The number of thiazole rings is 1. The van der Waals surface area contributed by atoms with Gasteiger partial charge in [-0.15, -0.1) is 11.3 Å². The fourth-order valence-corrected chi connectivity index (χ4v) is 3.45. The second-order valence-electron chi connectivity index (χ2n) is 4.92. The SMILES string of the molecule is O=C1C(=Cc2ccco2)N=C(c2ccccc2Br)N1c1nccs1. The highest BCUT2D eigenvalue weighted by Crippen LogP contribution is 2.31. The van der Waals surface area contributed by atoms with Gasteiger partial charge in [-0.1, -0.05) is 34.1 Å². The molecule has 0 bridgehead atoms. The summed E-state index contributed by atoms with van der Waals surface area (Å²) in [5.41, 5.74) is 1.13. The zero-order valence-electron chi connectivity index (χ0n) is 12.2. The fourth-order valence-electron chi connectivity index (χ4n) is 2.35. The van der Waals surface area contributed by atoms with Crippen molar-refractivity contribution in [3.8, 4) is 0 Å². The number of aromatic nitrogens is 1. The fraction of sp³-hybridized carbons (Fsp3) is 0. The zero-order valence-corrected chi connectivity index (χ0v) is 14.6. The quantitative estimate of drug-likeness (QED) is 0.615. The van der Waals surface area contributed by atoms with Crippen molar-refractivity contribution in [1.82, 2.24) is 4.98 Å². The first-order chi connectivity index (χ1) is 11.7. The lowest BCUT2D eigenvalue weighted by Gasteiger charge is -2.15. The van der Waals surface area contributed by atoms with Crippen LogP contribution < -0.4 is 4.90 Å². The molecule has 24 heavy (non-hydrogen) atoms. The Hall–Kier alpha value is -2.51. The summed E-state index contributed by atoms with van der Waals surface area (Å²) in [6.45, 7) is 0. The lowest BCUT2D eigenvalue weighted by molar-refractivity contribution is -0.113. The second-order valence-corrected chi connectivity index (χ2v) is 6.64. The topological polar surface area (TPSA) is 58.7 Å². The maximum Gasteiger partial charge on any atom is 0.284 e. The minimum atomic E-state index is -0.230. The number of benzene rings is 1. The molecular weight excluding hydrogens is 390 g/mol. The van der Waals surface area contributed by atoms with Gasteiger partial charge in [-0.2, -0.15) is 0 Å². The van der Waals surface area contributed by atoms with E-state index in [1.54, 1.807) is 30.7 Å². The molecule has 0 saturated heterocycles. The Labute approximate surface area is 150 Å². The molecule has 0 radical (unpaired) electrons. The Kier molecular flexibility index (Phi) is 3.87. The molecule has 1 aliphatic heterocycles. The van der Waals surface area contributed by atoms with E-state index in [1.807, 2.05) is 29.6 Å². The third kappa shape index (κ3) is 2.61. The third-order valence-electron chi connectivity index (χ3n) is 3.41. The first-order valence-electron chi connectivity index (χ1n) is 7.07. The van der Waals surface area contributed by atoms with Crippen molar-refractivity contribution < 1.29 is 9.21 Å². The number of hydrogen-bond acceptors (Lipinski definition) is 5. The van der Waals surface area contributed by atoms with Gasteiger partial charge in [-0.05, 0) is 18.2 Å². The highest BCUT2D eigenvalue weighted by molar-refractivity contribution is 9.10. The van der Waals surface area contributed by atoms with E-state index in [0.717, 1.165) is 10.0 Å². The van der Waals surface area contributed by atoms with E-state index in [-0.39, 0.29) is 5.91 Å². The standard InChI is InChI=1S/C17H10BrN3O2S/c18-13-6-2-1-5-12(13)15-20-14(10-11-4-3-8-23-11)16(22)21(15)17-19-7-9-24-17/h1-10H. The van der Waals surface area contributed by atoms with Crippen molar-refractivity contribution in [2.24, 2.45) is 4.99 Å². The van der Waals surface area contributed by atoms with Crippen molar-refractivity contribution in [3.05, 3.63) is 75.7 Å². The molecule has 118 valence electrons. The van der Waals surface area contributed by atoms with Gasteiger partial charge in [0.2, 0.25) is 0 Å². The van der Waals surface area contributed by atoms with E-state index >= 15 is 0 Å². The third-order valence-corrected chi connectivity index (χ3v) is 4.86. The Morgan fingerprint density at radius 2 is 2.08 bits per heavy atom. The van der Waals surface area contributed by atoms with Crippen LogP contribution in [-0.4, -0.2) is 16.7 Å². The van der Waals surface area contributed by atoms with Crippen LogP contribution in [0.1, 0.15) is 11.3 Å². The van der Waals surface area contributed by atoms with Crippen LogP contribution in [0.15, 0.2) is 73.8 Å². The highest BCUT2D eigenvalue weighted by Gasteiger charge is 2.34. The Morgan fingerprint density at radius 3 is 2.79 bits per heavy atom. The van der Waals surface area contributed by atoms with E-state index in [2.05, 4.69) is 25.9 Å². The number of aliphatic imine (C=N–C) groups is 1. The summed E-state index contributed by atoms with van der Waals surface area (Å²) in [6.07, 6.45) is 4.86. The molecule has 0 aliphatic carbocycles. The molecule has 2 aromatic heterocycles. The molecule has 5 nitrogen and oxygen atoms in total. The summed E-state index contributed by atoms with van der Waals surface area (Å²) < 4.78 is 6.15. The number of amides is 1. The van der Waals surface area contributed by atoms with Crippen LogP contribution in [0.4, 0.5) is 5.13 Å². The van der Waals surface area contributed by atoms with Gasteiger partial charge in [0.25, 0.3) is 5.91 Å². The van der Waals surface area contributed by atoms with Gasteiger partial charge >= 0.3 is 0 Å². The van der Waals surface area contributed by atoms with Gasteiger partial charge in [0.05, 0.1) is 6.26 Å². The predicted octanol–water partition coefficient (Wildman–Crippen LogP) is 4.33. The molecule has 4 rings (SSSR count). The van der Waals surface area contributed by atoms with Crippen molar-refractivity contribution in [1.29, 1.82) is 0 Å². The van der Waals surface area contributed by atoms with Crippen LogP contribution in [0.2, 0.25) is 0 Å². The average molecular weight is 400 g/mol. The van der Waals surface area contributed by atoms with E-state index in [9.17, 15) is 4.79 Å². The van der Waals surface area contributed by atoms with Crippen LogP contribution in [0.5, 0.6) is 0 Å². The first kappa shape index (κ1) is 15.0. The van der Waals surface area contributed by atoms with Crippen molar-refractivity contribution in [2.75, 3.05) is 4.90 Å². The highest BCUT2D eigenvalue weighted by atomic mass is 79.9. The summed E-state index contributed by atoms with van der Waals surface area (Å²) in [4.78, 5) is 23.2. The summed E-state index contributed by atoms with van der Waals surface area (Å²) in [7, 11) is 0. The number of amidine groups is 1. The van der Waals surface area contributed by atoms with Crippen LogP contribution in [0.3, 0.4) is 0 Å². The van der Waals surface area contributed by atoms with Gasteiger partial charge in [0.1, 0.15) is 11.5 Å². The molecule has 0 atom stereocenters. The molecule has 1 aromatic carbocycles. The van der Waals surface area contributed by atoms with Gasteiger partial charge in [0, 0.05) is 27.7 Å². The number of anilines is 1. The molecular formula is C17H10BrN3O2S. The monoisotopic (exact) mass is 399 g/mol. The number of carbonyl (C=O) groups excluding carboxylic acids is 1. The molecule has 0 N–H and O–H groups in total. The number of carbonyl (C=O) groups is 1. The predicted molar refractivity (Wildman–Crippen MR) is 97.0 cm³/mol. The molecule has 0 spiro atoms. The van der Waals surface area contributed by atoms with E-state index in [4.69, 9.17) is 4.42 Å². The largest absolute Gasteiger partial charge is 0.465 e. The Balaban J connectivity index is 1.86. The molecule has 0 unspecified atom stereocenters. The Bertz CT molecular complexity index is 946.